The highest BCUT2D eigenvalue weighted by molar-refractivity contribution is 7.11. The molecule has 4 nitrogen and oxygen atoms in total. The molecule has 0 unspecified atom stereocenters. The maximum absolute atomic E-state index is 4.30. The highest BCUT2D eigenvalue weighted by Gasteiger charge is 2.05. The zero-order chi connectivity index (χ0) is 13.0. The van der Waals surface area contributed by atoms with Gasteiger partial charge in [-0.25, -0.2) is 9.67 Å². The van der Waals surface area contributed by atoms with Gasteiger partial charge in [0.05, 0.1) is 6.54 Å². The Bertz CT molecular complexity index is 487. The lowest BCUT2D eigenvalue weighted by atomic mass is 10.2. The van der Waals surface area contributed by atoms with Crippen molar-refractivity contribution in [1.29, 1.82) is 0 Å². The van der Waals surface area contributed by atoms with Crippen LogP contribution in [-0.4, -0.2) is 14.8 Å². The predicted molar refractivity (Wildman–Crippen MR) is 74.5 cm³/mol. The highest BCUT2D eigenvalue weighted by atomic mass is 32.1. The van der Waals surface area contributed by atoms with Gasteiger partial charge in [-0.3, -0.25) is 0 Å². The second-order valence-corrected chi connectivity index (χ2v) is 6.24. The van der Waals surface area contributed by atoms with Gasteiger partial charge in [0.15, 0.2) is 0 Å². The molecule has 0 fully saturated rings. The minimum atomic E-state index is 0.588. The summed E-state index contributed by atoms with van der Waals surface area (Å²) in [5.41, 5.74) is 0. The van der Waals surface area contributed by atoms with Gasteiger partial charge >= 0.3 is 0 Å². The summed E-state index contributed by atoms with van der Waals surface area (Å²) >= 11 is 1.83. The average molecular weight is 264 g/mol. The van der Waals surface area contributed by atoms with E-state index in [1.165, 1.54) is 9.75 Å². The first-order chi connectivity index (χ1) is 8.65. The van der Waals surface area contributed by atoms with Gasteiger partial charge in [-0.05, 0) is 25.0 Å². The third-order valence-electron chi connectivity index (χ3n) is 2.61. The van der Waals surface area contributed by atoms with Crippen molar-refractivity contribution in [3.63, 3.8) is 0 Å². The maximum atomic E-state index is 4.30. The molecule has 0 amide bonds. The summed E-state index contributed by atoms with van der Waals surface area (Å²) in [6, 6.07) is 4.33. The van der Waals surface area contributed by atoms with Crippen molar-refractivity contribution in [1.82, 2.24) is 20.1 Å². The van der Waals surface area contributed by atoms with Crippen molar-refractivity contribution < 1.29 is 0 Å². The summed E-state index contributed by atoms with van der Waals surface area (Å²) in [5.74, 6) is 1.60. The fraction of sp³-hybridized carbons (Fsp3) is 0.538. The minimum Gasteiger partial charge on any atom is -0.305 e. The molecular weight excluding hydrogens is 244 g/mol. The molecule has 2 aromatic rings. The predicted octanol–water partition coefficient (Wildman–Crippen LogP) is 2.59. The van der Waals surface area contributed by atoms with E-state index in [2.05, 4.69) is 48.3 Å². The summed E-state index contributed by atoms with van der Waals surface area (Å²) in [6.45, 7) is 9.10. The monoisotopic (exact) mass is 264 g/mol. The Kier molecular flexibility index (Phi) is 4.49. The van der Waals surface area contributed by atoms with Crippen molar-refractivity contribution in [2.24, 2.45) is 5.92 Å². The fourth-order valence-electron chi connectivity index (χ4n) is 1.80. The van der Waals surface area contributed by atoms with Crippen LogP contribution in [-0.2, 0) is 19.6 Å². The van der Waals surface area contributed by atoms with E-state index in [1.807, 2.05) is 16.0 Å². The van der Waals surface area contributed by atoms with Gasteiger partial charge in [0.1, 0.15) is 12.2 Å². The number of aromatic nitrogens is 3. The maximum Gasteiger partial charge on any atom is 0.140 e. The average Bonchev–Trinajstić information content (AvgIpc) is 2.88. The van der Waals surface area contributed by atoms with E-state index in [-0.39, 0.29) is 0 Å². The van der Waals surface area contributed by atoms with E-state index >= 15 is 0 Å². The van der Waals surface area contributed by atoms with E-state index < -0.39 is 0 Å². The Morgan fingerprint density at radius 1 is 1.33 bits per heavy atom. The van der Waals surface area contributed by atoms with Crippen LogP contribution in [0.25, 0.3) is 0 Å². The van der Waals surface area contributed by atoms with Crippen LogP contribution in [0.5, 0.6) is 0 Å². The molecule has 0 aliphatic carbocycles. The molecule has 18 heavy (non-hydrogen) atoms. The van der Waals surface area contributed by atoms with Crippen LogP contribution >= 0.6 is 11.3 Å². The lowest BCUT2D eigenvalue weighted by Gasteiger charge is -2.08. The Morgan fingerprint density at radius 3 is 2.83 bits per heavy atom. The zero-order valence-corrected chi connectivity index (χ0v) is 12.0. The molecule has 2 heterocycles. The number of thiophene rings is 1. The van der Waals surface area contributed by atoms with Crippen LogP contribution < -0.4 is 5.32 Å². The van der Waals surface area contributed by atoms with Crippen LogP contribution in [0.1, 0.15) is 29.4 Å². The number of rotatable bonds is 6. The van der Waals surface area contributed by atoms with Crippen molar-refractivity contribution in [2.45, 2.75) is 40.4 Å². The topological polar surface area (TPSA) is 42.7 Å². The zero-order valence-electron chi connectivity index (χ0n) is 11.2. The molecule has 0 atom stereocenters. The fourth-order valence-corrected chi connectivity index (χ4v) is 2.66. The Hall–Kier alpha value is -1.20. The quantitative estimate of drug-likeness (QED) is 0.872. The van der Waals surface area contributed by atoms with E-state index in [0.717, 1.165) is 25.5 Å². The van der Waals surface area contributed by atoms with Gasteiger partial charge < -0.3 is 5.32 Å². The van der Waals surface area contributed by atoms with E-state index in [9.17, 15) is 0 Å². The molecule has 5 heteroatoms. The number of nitrogens with one attached hydrogen (secondary N) is 1. The molecular formula is C13H20N4S. The second-order valence-electron chi connectivity index (χ2n) is 4.87. The van der Waals surface area contributed by atoms with Crippen LogP contribution in [0.2, 0.25) is 0 Å². The number of hydrogen-bond acceptors (Lipinski definition) is 4. The van der Waals surface area contributed by atoms with E-state index in [0.29, 0.717) is 5.92 Å². The van der Waals surface area contributed by atoms with E-state index in [4.69, 9.17) is 0 Å². The second kappa shape index (κ2) is 6.11. The van der Waals surface area contributed by atoms with Crippen LogP contribution in [0, 0.1) is 12.8 Å². The molecule has 2 rings (SSSR count). The summed E-state index contributed by atoms with van der Waals surface area (Å²) in [5, 5.41) is 7.67. The minimum absolute atomic E-state index is 0.588. The standard InChI is InChI=1S/C13H20N4S/c1-10(2)8-17-13(15-9-16-17)7-14-6-12-5-4-11(3)18-12/h4-5,9-10,14H,6-8H2,1-3H3. The van der Waals surface area contributed by atoms with Crippen LogP contribution in [0.15, 0.2) is 18.5 Å². The molecule has 0 aromatic carbocycles. The first-order valence-electron chi connectivity index (χ1n) is 6.28. The smallest absolute Gasteiger partial charge is 0.140 e. The van der Waals surface area contributed by atoms with Crippen molar-refractivity contribution in [2.75, 3.05) is 0 Å². The normalized spacial score (nSPS) is 11.3. The van der Waals surface area contributed by atoms with Gasteiger partial charge in [-0.2, -0.15) is 5.10 Å². The lowest BCUT2D eigenvalue weighted by Crippen LogP contribution is -2.18. The largest absolute Gasteiger partial charge is 0.305 e. The lowest BCUT2D eigenvalue weighted by molar-refractivity contribution is 0.458. The Balaban J connectivity index is 1.84. The molecule has 0 radical (unpaired) electrons. The van der Waals surface area contributed by atoms with Crippen LogP contribution in [0.4, 0.5) is 0 Å². The molecule has 98 valence electrons. The number of nitrogens with zero attached hydrogens (tertiary/aromatic N) is 3. The summed E-state index contributed by atoms with van der Waals surface area (Å²) < 4.78 is 1.98. The summed E-state index contributed by atoms with van der Waals surface area (Å²) in [7, 11) is 0. The van der Waals surface area contributed by atoms with Crippen molar-refractivity contribution in [3.8, 4) is 0 Å². The summed E-state index contributed by atoms with van der Waals surface area (Å²) in [6.07, 6.45) is 1.63. The molecule has 1 N–H and O–H groups in total. The van der Waals surface area contributed by atoms with Gasteiger partial charge in [0.2, 0.25) is 0 Å². The van der Waals surface area contributed by atoms with Gasteiger partial charge in [0, 0.05) is 22.8 Å². The molecule has 0 spiro atoms. The summed E-state index contributed by atoms with van der Waals surface area (Å²) in [4.78, 5) is 7.02. The first-order valence-corrected chi connectivity index (χ1v) is 7.09. The molecule has 2 aromatic heterocycles. The SMILES string of the molecule is Cc1ccc(CNCc2ncnn2CC(C)C)s1. The Morgan fingerprint density at radius 2 is 2.17 bits per heavy atom. The first kappa shape index (κ1) is 13.2. The van der Waals surface area contributed by atoms with Crippen molar-refractivity contribution in [3.05, 3.63) is 34.0 Å². The molecule has 0 saturated heterocycles. The van der Waals surface area contributed by atoms with Crippen LogP contribution in [0.3, 0.4) is 0 Å². The molecule has 0 bridgehead atoms. The third kappa shape index (κ3) is 3.65. The molecule has 0 saturated carbocycles. The number of hydrogen-bond donors (Lipinski definition) is 1. The van der Waals surface area contributed by atoms with Gasteiger partial charge in [0.25, 0.3) is 0 Å². The van der Waals surface area contributed by atoms with Gasteiger partial charge in [-0.15, -0.1) is 11.3 Å². The molecule has 0 aliphatic heterocycles. The Labute approximate surface area is 112 Å². The third-order valence-corrected chi connectivity index (χ3v) is 3.61. The molecule has 0 aliphatic rings. The number of aryl methyl sites for hydroxylation is 1. The van der Waals surface area contributed by atoms with Gasteiger partial charge in [-0.1, -0.05) is 13.8 Å². The van der Waals surface area contributed by atoms with E-state index in [1.54, 1.807) is 6.33 Å². The highest BCUT2D eigenvalue weighted by Crippen LogP contribution is 2.14. The van der Waals surface area contributed by atoms with Crippen molar-refractivity contribution >= 4 is 11.3 Å².